The summed E-state index contributed by atoms with van der Waals surface area (Å²) >= 11 is 1.32. The molecule has 0 unspecified atom stereocenters. The van der Waals surface area contributed by atoms with Crippen LogP contribution in [0.3, 0.4) is 0 Å². The first kappa shape index (κ1) is 12.6. The maximum Gasteiger partial charge on any atom is 0.216 e. The quantitative estimate of drug-likeness (QED) is 0.752. The van der Waals surface area contributed by atoms with E-state index in [4.69, 9.17) is 14.2 Å². The zero-order valence-corrected chi connectivity index (χ0v) is 10.7. The van der Waals surface area contributed by atoms with Crippen LogP contribution in [0.2, 0.25) is 0 Å². The Morgan fingerprint density at radius 2 is 2.24 bits per heavy atom. The molecule has 0 bridgehead atoms. The van der Waals surface area contributed by atoms with Crippen LogP contribution in [0.1, 0.15) is 33.6 Å². The van der Waals surface area contributed by atoms with Crippen LogP contribution in [-0.4, -0.2) is 37.2 Å². The molecule has 6 heteroatoms. The highest BCUT2D eigenvalue weighted by molar-refractivity contribution is 7.13. The molecule has 2 heterocycles. The number of ketones is 1. The Balaban J connectivity index is 2.09. The first-order chi connectivity index (χ1) is 8.22. The van der Waals surface area contributed by atoms with E-state index in [0.29, 0.717) is 24.8 Å². The second kappa shape index (κ2) is 5.68. The van der Waals surface area contributed by atoms with Crippen molar-refractivity contribution in [3.63, 3.8) is 0 Å². The van der Waals surface area contributed by atoms with Gasteiger partial charge in [0.2, 0.25) is 5.78 Å². The average molecular weight is 257 g/mol. The number of hydrogen-bond acceptors (Lipinski definition) is 6. The van der Waals surface area contributed by atoms with Gasteiger partial charge in [0.05, 0.1) is 23.8 Å². The second-order valence-electron chi connectivity index (χ2n) is 3.60. The molecular formula is C11H15NO4S. The number of carbonyl (C=O) groups excluding carboxylic acids is 1. The van der Waals surface area contributed by atoms with Gasteiger partial charge in [-0.2, -0.15) is 0 Å². The molecule has 1 fully saturated rings. The molecule has 0 aliphatic carbocycles. The maximum atomic E-state index is 11.7. The Morgan fingerprint density at radius 3 is 2.88 bits per heavy atom. The monoisotopic (exact) mass is 257 g/mol. The van der Waals surface area contributed by atoms with Crippen molar-refractivity contribution in [3.05, 3.63) is 15.6 Å². The summed E-state index contributed by atoms with van der Waals surface area (Å²) in [5.41, 5.74) is 0.793. The van der Waals surface area contributed by atoms with Crippen LogP contribution in [0.25, 0.3) is 0 Å². The normalized spacial score (nSPS) is 16.6. The molecule has 1 aromatic rings. The van der Waals surface area contributed by atoms with Crippen molar-refractivity contribution < 1.29 is 19.0 Å². The van der Waals surface area contributed by atoms with Crippen molar-refractivity contribution in [1.29, 1.82) is 0 Å². The topological polar surface area (TPSA) is 57.7 Å². The van der Waals surface area contributed by atoms with E-state index in [1.54, 1.807) is 0 Å². The van der Waals surface area contributed by atoms with Crippen LogP contribution >= 0.6 is 11.3 Å². The zero-order chi connectivity index (χ0) is 12.3. The predicted octanol–water partition coefficient (Wildman–Crippen LogP) is 1.72. The van der Waals surface area contributed by atoms with E-state index in [2.05, 4.69) is 4.98 Å². The van der Waals surface area contributed by atoms with E-state index >= 15 is 0 Å². The molecule has 17 heavy (non-hydrogen) atoms. The Morgan fingerprint density at radius 1 is 1.53 bits per heavy atom. The first-order valence-corrected chi connectivity index (χ1v) is 6.35. The molecule has 2 rings (SSSR count). The number of rotatable bonds is 5. The van der Waals surface area contributed by atoms with Gasteiger partial charge in [0.15, 0.2) is 11.3 Å². The summed E-state index contributed by atoms with van der Waals surface area (Å²) in [7, 11) is 0. The van der Waals surface area contributed by atoms with Crippen LogP contribution < -0.4 is 0 Å². The Bertz CT molecular complexity index is 398. The fourth-order valence-corrected chi connectivity index (χ4v) is 2.50. The minimum absolute atomic E-state index is 0.0786. The minimum atomic E-state index is -0.360. The summed E-state index contributed by atoms with van der Waals surface area (Å²) in [6, 6.07) is 0. The summed E-state index contributed by atoms with van der Waals surface area (Å²) in [6.07, 6.45) is -0.360. The minimum Gasteiger partial charge on any atom is -0.373 e. The van der Waals surface area contributed by atoms with Crippen molar-refractivity contribution in [1.82, 2.24) is 4.98 Å². The summed E-state index contributed by atoms with van der Waals surface area (Å²) in [6.45, 7) is 5.49. The Hall–Kier alpha value is -0.820. The van der Waals surface area contributed by atoms with Gasteiger partial charge in [-0.1, -0.05) is 0 Å². The molecule has 0 atom stereocenters. The number of aromatic nitrogens is 1. The highest BCUT2D eigenvalue weighted by Gasteiger charge is 2.25. The molecule has 0 radical (unpaired) electrons. The fraction of sp³-hybridized carbons (Fsp3) is 0.636. The number of thiazole rings is 1. The van der Waals surface area contributed by atoms with Crippen LogP contribution in [0.15, 0.2) is 0 Å². The van der Waals surface area contributed by atoms with E-state index in [9.17, 15) is 4.79 Å². The number of carbonyl (C=O) groups is 1. The highest BCUT2D eigenvalue weighted by Crippen LogP contribution is 2.31. The predicted molar refractivity (Wildman–Crippen MR) is 62.3 cm³/mol. The van der Waals surface area contributed by atoms with Gasteiger partial charge in [-0.3, -0.25) is 4.79 Å². The molecule has 0 spiro atoms. The molecular weight excluding hydrogens is 242 g/mol. The van der Waals surface area contributed by atoms with Crippen molar-refractivity contribution in [2.75, 3.05) is 26.4 Å². The number of Topliss-reactive ketones (excluding diaryl/α,β-unsaturated/α-hetero) is 1. The lowest BCUT2D eigenvalue weighted by atomic mass is 10.4. The smallest absolute Gasteiger partial charge is 0.216 e. The molecule has 1 aromatic heterocycles. The summed E-state index contributed by atoms with van der Waals surface area (Å²) in [5.74, 6) is -0.0933. The lowest BCUT2D eigenvalue weighted by molar-refractivity contribution is -0.0418. The van der Waals surface area contributed by atoms with Gasteiger partial charge in [0.1, 0.15) is 6.61 Å². The van der Waals surface area contributed by atoms with Gasteiger partial charge in [-0.15, -0.1) is 11.3 Å². The maximum absolute atomic E-state index is 11.7. The molecule has 0 aromatic carbocycles. The molecule has 0 saturated carbocycles. The second-order valence-corrected chi connectivity index (χ2v) is 4.63. The van der Waals surface area contributed by atoms with Crippen molar-refractivity contribution >= 4 is 17.1 Å². The van der Waals surface area contributed by atoms with E-state index in [0.717, 1.165) is 10.6 Å². The third-order valence-corrected chi connectivity index (χ3v) is 3.56. The van der Waals surface area contributed by atoms with E-state index < -0.39 is 0 Å². The Labute approximate surface area is 104 Å². The van der Waals surface area contributed by atoms with Crippen molar-refractivity contribution in [3.8, 4) is 0 Å². The molecule has 0 amide bonds. The number of ether oxygens (including phenoxy) is 3. The third kappa shape index (κ3) is 2.90. The summed E-state index contributed by atoms with van der Waals surface area (Å²) < 4.78 is 15.9. The number of aryl methyl sites for hydroxylation is 1. The van der Waals surface area contributed by atoms with E-state index in [1.807, 2.05) is 13.8 Å². The third-order valence-electron chi connectivity index (χ3n) is 2.34. The molecule has 1 aliphatic heterocycles. The molecule has 5 nitrogen and oxygen atoms in total. The number of nitrogens with zero attached hydrogens (tertiary/aromatic N) is 1. The van der Waals surface area contributed by atoms with Crippen molar-refractivity contribution in [2.45, 2.75) is 20.1 Å². The lowest BCUT2D eigenvalue weighted by Gasteiger charge is -2.05. The average Bonchev–Trinajstić information content (AvgIpc) is 2.94. The molecule has 94 valence electrons. The largest absolute Gasteiger partial charge is 0.373 e. The standard InChI is InChI=1S/C11H15NO4S/c1-3-14-6-8(13)10-12-7(2)9(17-10)11-15-4-5-16-11/h11H,3-6H2,1-2H3. The van der Waals surface area contributed by atoms with Gasteiger partial charge < -0.3 is 14.2 Å². The van der Waals surface area contributed by atoms with Crippen molar-refractivity contribution in [2.24, 2.45) is 0 Å². The molecule has 1 aliphatic rings. The van der Waals surface area contributed by atoms with Crippen LogP contribution in [-0.2, 0) is 14.2 Å². The lowest BCUT2D eigenvalue weighted by Crippen LogP contribution is -2.08. The SMILES string of the molecule is CCOCC(=O)c1nc(C)c(C2OCCO2)s1. The Kier molecular flexibility index (Phi) is 4.22. The number of hydrogen-bond donors (Lipinski definition) is 0. The van der Waals surface area contributed by atoms with E-state index in [-0.39, 0.29) is 18.7 Å². The first-order valence-electron chi connectivity index (χ1n) is 5.54. The van der Waals surface area contributed by atoms with Crippen LogP contribution in [0.4, 0.5) is 0 Å². The van der Waals surface area contributed by atoms with E-state index in [1.165, 1.54) is 11.3 Å². The van der Waals surface area contributed by atoms with Crippen LogP contribution in [0, 0.1) is 6.92 Å². The fourth-order valence-electron chi connectivity index (χ4n) is 1.51. The highest BCUT2D eigenvalue weighted by atomic mass is 32.1. The summed E-state index contributed by atoms with van der Waals surface area (Å²) in [5, 5.41) is 0.463. The zero-order valence-electron chi connectivity index (χ0n) is 9.89. The molecule has 1 saturated heterocycles. The van der Waals surface area contributed by atoms with Gasteiger partial charge >= 0.3 is 0 Å². The molecule has 0 N–H and O–H groups in total. The van der Waals surface area contributed by atoms with Gasteiger partial charge in [-0.25, -0.2) is 4.98 Å². The van der Waals surface area contributed by atoms with Gasteiger partial charge in [0, 0.05) is 6.61 Å². The van der Waals surface area contributed by atoms with Gasteiger partial charge in [-0.05, 0) is 13.8 Å². The summed E-state index contributed by atoms with van der Waals surface area (Å²) in [4.78, 5) is 16.8. The van der Waals surface area contributed by atoms with Gasteiger partial charge in [0.25, 0.3) is 0 Å². The van der Waals surface area contributed by atoms with Crippen LogP contribution in [0.5, 0.6) is 0 Å².